The highest BCUT2D eigenvalue weighted by Crippen LogP contribution is 2.25. The molecule has 1 unspecified atom stereocenters. The smallest absolute Gasteiger partial charge is 0.411 e. The number of nitrogens with zero attached hydrogens (tertiary/aromatic N) is 2. The number of rotatable bonds is 7. The minimum Gasteiger partial charge on any atom is -0.453 e. The molecule has 0 saturated carbocycles. The van der Waals surface area contributed by atoms with Gasteiger partial charge in [0.05, 0.1) is 23.7 Å². The van der Waals surface area contributed by atoms with Crippen LogP contribution in [0.15, 0.2) is 52.7 Å². The number of carbonyl (C=O) groups is 1. The van der Waals surface area contributed by atoms with Crippen LogP contribution in [0.1, 0.15) is 22.3 Å². The summed E-state index contributed by atoms with van der Waals surface area (Å²) in [5, 5.41) is 8.96. The first-order valence-corrected chi connectivity index (χ1v) is 11.2. The Morgan fingerprint density at radius 2 is 1.97 bits per heavy atom. The summed E-state index contributed by atoms with van der Waals surface area (Å²) in [6.45, 7) is 4.01. The fourth-order valence-electron chi connectivity index (χ4n) is 2.91. The molecule has 2 heterocycles. The van der Waals surface area contributed by atoms with Crippen LogP contribution in [0.4, 0.5) is 10.5 Å². The number of carbonyl (C=O) groups excluding carboxylic acids is 1. The van der Waals surface area contributed by atoms with Crippen molar-refractivity contribution in [1.82, 2.24) is 14.5 Å². The van der Waals surface area contributed by atoms with Crippen LogP contribution in [0.5, 0.6) is 0 Å². The molecule has 0 aliphatic heterocycles. The van der Waals surface area contributed by atoms with E-state index in [1.54, 1.807) is 11.3 Å². The molecule has 1 aromatic carbocycles. The van der Waals surface area contributed by atoms with Crippen molar-refractivity contribution >= 4 is 33.1 Å². The van der Waals surface area contributed by atoms with Crippen LogP contribution >= 0.6 is 11.3 Å². The molecular formula is C19H22N4O4S2. The zero-order valence-electron chi connectivity index (χ0n) is 16.2. The molecule has 8 nitrogen and oxygen atoms in total. The number of amides is 1. The number of ether oxygens (including phenoxy) is 1. The Morgan fingerprint density at radius 3 is 2.52 bits per heavy atom. The van der Waals surface area contributed by atoms with E-state index in [0.717, 1.165) is 16.3 Å². The zero-order valence-corrected chi connectivity index (χ0v) is 17.9. The highest BCUT2D eigenvalue weighted by atomic mass is 32.2. The van der Waals surface area contributed by atoms with E-state index in [1.807, 2.05) is 42.1 Å². The second-order valence-corrected chi connectivity index (χ2v) is 9.14. The molecule has 3 rings (SSSR count). The van der Waals surface area contributed by atoms with Gasteiger partial charge in [0.25, 0.3) is 0 Å². The molecule has 0 bridgehead atoms. The van der Waals surface area contributed by atoms with Gasteiger partial charge in [0.1, 0.15) is 0 Å². The maximum absolute atomic E-state index is 12.8. The standard InChI is InChI=1S/C19H22N4O4S2/c1-13-11-14(2)23(22-13)17(18-5-4-10-28-18)12-20-29(25,26)16-8-6-15(7-9-16)21-19(24)27-3/h4-11,17,20H,12H2,1-3H3,(H,21,24). The molecule has 10 heteroatoms. The van der Waals surface area contributed by atoms with Crippen LogP contribution in [0.2, 0.25) is 0 Å². The van der Waals surface area contributed by atoms with E-state index in [2.05, 4.69) is 19.9 Å². The number of methoxy groups -OCH3 is 1. The SMILES string of the molecule is COC(=O)Nc1ccc(S(=O)(=O)NCC(c2cccs2)n2nc(C)cc2C)cc1. The van der Waals surface area contributed by atoms with Crippen molar-refractivity contribution in [1.29, 1.82) is 0 Å². The monoisotopic (exact) mass is 434 g/mol. The van der Waals surface area contributed by atoms with Gasteiger partial charge >= 0.3 is 6.09 Å². The molecule has 1 amide bonds. The summed E-state index contributed by atoms with van der Waals surface area (Å²) >= 11 is 1.55. The van der Waals surface area contributed by atoms with Gasteiger partial charge in [-0.15, -0.1) is 11.3 Å². The summed E-state index contributed by atoms with van der Waals surface area (Å²) in [4.78, 5) is 12.4. The number of sulfonamides is 1. The van der Waals surface area contributed by atoms with Gasteiger partial charge in [-0.05, 0) is 55.6 Å². The Labute approximate surface area is 173 Å². The summed E-state index contributed by atoms with van der Waals surface area (Å²) in [5.74, 6) is 0. The number of anilines is 1. The van der Waals surface area contributed by atoms with Crippen LogP contribution in [-0.4, -0.2) is 37.9 Å². The van der Waals surface area contributed by atoms with Crippen LogP contribution < -0.4 is 10.0 Å². The molecule has 0 aliphatic carbocycles. The third kappa shape index (κ3) is 5.03. The quantitative estimate of drug-likeness (QED) is 0.594. The van der Waals surface area contributed by atoms with E-state index < -0.39 is 16.1 Å². The van der Waals surface area contributed by atoms with Gasteiger partial charge in [-0.3, -0.25) is 10.00 Å². The van der Waals surface area contributed by atoms with Crippen LogP contribution in [0.3, 0.4) is 0 Å². The lowest BCUT2D eigenvalue weighted by atomic mass is 10.2. The lowest BCUT2D eigenvalue weighted by Gasteiger charge is -2.19. The van der Waals surface area contributed by atoms with Crippen molar-refractivity contribution in [2.45, 2.75) is 24.8 Å². The summed E-state index contributed by atoms with van der Waals surface area (Å²) < 4.78 is 34.6. The van der Waals surface area contributed by atoms with E-state index in [1.165, 1.54) is 31.4 Å². The number of aromatic nitrogens is 2. The average molecular weight is 435 g/mol. The number of hydrogen-bond acceptors (Lipinski definition) is 6. The maximum atomic E-state index is 12.8. The number of benzene rings is 1. The second-order valence-electron chi connectivity index (χ2n) is 6.40. The molecule has 2 aromatic heterocycles. The van der Waals surface area contributed by atoms with Crippen molar-refractivity contribution in [3.63, 3.8) is 0 Å². The van der Waals surface area contributed by atoms with Crippen molar-refractivity contribution in [2.24, 2.45) is 0 Å². The van der Waals surface area contributed by atoms with Crippen LogP contribution in [0, 0.1) is 13.8 Å². The summed E-state index contributed by atoms with van der Waals surface area (Å²) in [6, 6.07) is 11.5. The van der Waals surface area contributed by atoms with Gasteiger partial charge in [-0.2, -0.15) is 5.10 Å². The van der Waals surface area contributed by atoms with Crippen molar-refractivity contribution in [2.75, 3.05) is 19.0 Å². The predicted molar refractivity (Wildman–Crippen MR) is 112 cm³/mol. The molecule has 0 radical (unpaired) electrons. The zero-order chi connectivity index (χ0) is 21.0. The van der Waals surface area contributed by atoms with Gasteiger partial charge in [0.2, 0.25) is 10.0 Å². The van der Waals surface area contributed by atoms with E-state index in [4.69, 9.17) is 0 Å². The summed E-state index contributed by atoms with van der Waals surface area (Å²) in [5.41, 5.74) is 2.27. The van der Waals surface area contributed by atoms with E-state index in [0.29, 0.717) is 5.69 Å². The average Bonchev–Trinajstić information content (AvgIpc) is 3.32. The Hall–Kier alpha value is -2.69. The number of thiophene rings is 1. The lowest BCUT2D eigenvalue weighted by Crippen LogP contribution is -2.32. The first-order chi connectivity index (χ1) is 13.8. The maximum Gasteiger partial charge on any atom is 0.411 e. The number of nitrogens with one attached hydrogen (secondary N) is 2. The van der Waals surface area contributed by atoms with E-state index in [9.17, 15) is 13.2 Å². The lowest BCUT2D eigenvalue weighted by molar-refractivity contribution is 0.187. The first kappa shape index (κ1) is 21.0. The molecular weight excluding hydrogens is 412 g/mol. The number of aryl methyl sites for hydroxylation is 2. The van der Waals surface area contributed by atoms with Crippen molar-refractivity contribution in [3.05, 3.63) is 64.1 Å². The molecule has 0 fully saturated rings. The highest BCUT2D eigenvalue weighted by Gasteiger charge is 2.22. The first-order valence-electron chi connectivity index (χ1n) is 8.81. The van der Waals surface area contributed by atoms with E-state index >= 15 is 0 Å². The van der Waals surface area contributed by atoms with E-state index in [-0.39, 0.29) is 17.5 Å². The second kappa shape index (κ2) is 8.76. The third-order valence-electron chi connectivity index (χ3n) is 4.27. The molecule has 0 spiro atoms. The van der Waals surface area contributed by atoms with Crippen molar-refractivity contribution in [3.8, 4) is 0 Å². The Morgan fingerprint density at radius 1 is 1.24 bits per heavy atom. The highest BCUT2D eigenvalue weighted by molar-refractivity contribution is 7.89. The third-order valence-corrected chi connectivity index (χ3v) is 6.69. The molecule has 2 N–H and O–H groups in total. The van der Waals surface area contributed by atoms with Gasteiger partial charge in [0.15, 0.2) is 0 Å². The topological polar surface area (TPSA) is 102 Å². The Balaban J connectivity index is 1.78. The van der Waals surface area contributed by atoms with Gasteiger partial charge in [-0.1, -0.05) is 6.07 Å². The largest absolute Gasteiger partial charge is 0.453 e. The molecule has 1 atom stereocenters. The number of hydrogen-bond donors (Lipinski definition) is 2. The van der Waals surface area contributed by atoms with Gasteiger partial charge < -0.3 is 4.74 Å². The molecule has 29 heavy (non-hydrogen) atoms. The fourth-order valence-corrected chi connectivity index (χ4v) is 4.76. The van der Waals surface area contributed by atoms with Crippen LogP contribution in [-0.2, 0) is 14.8 Å². The van der Waals surface area contributed by atoms with Crippen LogP contribution in [0.25, 0.3) is 0 Å². The molecule has 154 valence electrons. The molecule has 0 saturated heterocycles. The van der Waals surface area contributed by atoms with Gasteiger partial charge in [-0.25, -0.2) is 17.9 Å². The minimum absolute atomic E-state index is 0.103. The Kier molecular flexibility index (Phi) is 6.36. The molecule has 3 aromatic rings. The normalized spacial score (nSPS) is 12.5. The fraction of sp³-hybridized carbons (Fsp3) is 0.263. The van der Waals surface area contributed by atoms with Gasteiger partial charge in [0, 0.05) is 22.8 Å². The summed E-state index contributed by atoms with van der Waals surface area (Å²) in [7, 11) is -2.49. The minimum atomic E-state index is -3.74. The Bertz CT molecular complexity index is 1070. The predicted octanol–water partition coefficient (Wildman–Crippen LogP) is 3.31. The van der Waals surface area contributed by atoms with Crippen molar-refractivity contribution < 1.29 is 17.9 Å². The molecule has 0 aliphatic rings. The summed E-state index contributed by atoms with van der Waals surface area (Å²) in [6.07, 6.45) is -0.623.